The summed E-state index contributed by atoms with van der Waals surface area (Å²) in [4.78, 5) is 26.3. The van der Waals surface area contributed by atoms with Gasteiger partial charge in [0.1, 0.15) is 19.1 Å². The number of amides is 3. The molecule has 0 aromatic carbocycles. The molecule has 0 spiro atoms. The molecule has 6 heteroatoms. The fourth-order valence-corrected chi connectivity index (χ4v) is 2.25. The van der Waals surface area contributed by atoms with Gasteiger partial charge in [-0.25, -0.2) is 9.69 Å². The lowest BCUT2D eigenvalue weighted by molar-refractivity contribution is -0.915. The van der Waals surface area contributed by atoms with Crippen molar-refractivity contribution in [2.24, 2.45) is 0 Å². The minimum Gasteiger partial charge on any atom is -0.370 e. The predicted octanol–water partition coefficient (Wildman–Crippen LogP) is -1.42. The van der Waals surface area contributed by atoms with E-state index in [4.69, 9.17) is 4.74 Å². The smallest absolute Gasteiger partial charge is 0.329 e. The van der Waals surface area contributed by atoms with E-state index in [-0.39, 0.29) is 18.0 Å². The SMILES string of the molecule is CCC[C@@H]1NC(=O)N(C[NH+]2CCOCC2)C1=O. The third kappa shape index (κ3) is 2.76. The van der Waals surface area contributed by atoms with E-state index in [1.165, 1.54) is 9.80 Å². The minimum atomic E-state index is -0.312. The van der Waals surface area contributed by atoms with Crippen molar-refractivity contribution in [2.75, 3.05) is 33.0 Å². The summed E-state index contributed by atoms with van der Waals surface area (Å²) in [6.07, 6.45) is 1.62. The summed E-state index contributed by atoms with van der Waals surface area (Å²) in [6, 6.07) is -0.555. The number of ether oxygens (including phenoxy) is 1. The van der Waals surface area contributed by atoms with Gasteiger partial charge in [0.25, 0.3) is 5.91 Å². The predicted molar refractivity (Wildman–Crippen MR) is 60.5 cm³/mol. The highest BCUT2D eigenvalue weighted by atomic mass is 16.5. The molecule has 3 amide bonds. The van der Waals surface area contributed by atoms with Crippen LogP contribution in [0.5, 0.6) is 0 Å². The molecule has 2 aliphatic heterocycles. The Balaban J connectivity index is 1.91. The molecule has 6 nitrogen and oxygen atoms in total. The van der Waals surface area contributed by atoms with Gasteiger partial charge in [0.05, 0.1) is 13.2 Å². The number of urea groups is 1. The third-order valence-electron chi connectivity index (χ3n) is 3.27. The monoisotopic (exact) mass is 242 g/mol. The molecule has 2 heterocycles. The van der Waals surface area contributed by atoms with E-state index in [1.807, 2.05) is 6.92 Å². The summed E-state index contributed by atoms with van der Waals surface area (Å²) in [5, 5.41) is 2.74. The Kier molecular flexibility index (Phi) is 3.96. The van der Waals surface area contributed by atoms with Crippen molar-refractivity contribution >= 4 is 11.9 Å². The number of hydrogen-bond donors (Lipinski definition) is 2. The third-order valence-corrected chi connectivity index (χ3v) is 3.27. The van der Waals surface area contributed by atoms with Gasteiger partial charge < -0.3 is 15.0 Å². The summed E-state index contributed by atoms with van der Waals surface area (Å²) in [7, 11) is 0. The molecule has 2 fully saturated rings. The van der Waals surface area contributed by atoms with Crippen LogP contribution in [0, 0.1) is 0 Å². The van der Waals surface area contributed by atoms with Crippen LogP contribution in [0.2, 0.25) is 0 Å². The highest BCUT2D eigenvalue weighted by Gasteiger charge is 2.39. The maximum Gasteiger partial charge on any atom is 0.329 e. The molecule has 2 rings (SSSR count). The number of carbonyl (C=O) groups excluding carboxylic acids is 2. The van der Waals surface area contributed by atoms with Crippen LogP contribution in [0.25, 0.3) is 0 Å². The zero-order valence-corrected chi connectivity index (χ0v) is 10.2. The number of carbonyl (C=O) groups is 2. The number of quaternary nitrogens is 1. The first-order valence-corrected chi connectivity index (χ1v) is 6.25. The number of morpholine rings is 1. The molecule has 1 atom stereocenters. The first-order chi connectivity index (χ1) is 8.22. The number of nitrogens with zero attached hydrogens (tertiary/aromatic N) is 1. The Morgan fingerprint density at radius 1 is 1.41 bits per heavy atom. The first kappa shape index (κ1) is 12.3. The first-order valence-electron chi connectivity index (χ1n) is 6.25. The van der Waals surface area contributed by atoms with Crippen molar-refractivity contribution in [2.45, 2.75) is 25.8 Å². The summed E-state index contributed by atoms with van der Waals surface area (Å²) in [5.41, 5.74) is 0. The molecule has 2 N–H and O–H groups in total. The van der Waals surface area contributed by atoms with Gasteiger partial charge in [-0.15, -0.1) is 0 Å². The zero-order valence-electron chi connectivity index (χ0n) is 10.2. The van der Waals surface area contributed by atoms with Gasteiger partial charge in [-0.1, -0.05) is 13.3 Å². The van der Waals surface area contributed by atoms with Gasteiger partial charge in [0.2, 0.25) is 0 Å². The largest absolute Gasteiger partial charge is 0.370 e. The maximum absolute atomic E-state index is 12.0. The standard InChI is InChI=1S/C11H19N3O3/c1-2-3-9-10(15)14(11(16)12-9)8-13-4-6-17-7-5-13/h9H,2-8H2,1H3,(H,12,16)/p+1/t9-/m0/s1. The van der Waals surface area contributed by atoms with Crippen LogP contribution in [0.3, 0.4) is 0 Å². The van der Waals surface area contributed by atoms with Gasteiger partial charge in [0.15, 0.2) is 6.67 Å². The molecule has 0 saturated carbocycles. The maximum atomic E-state index is 12.0. The van der Waals surface area contributed by atoms with Crippen LogP contribution in [0.4, 0.5) is 4.79 Å². The Hall–Kier alpha value is -1.14. The van der Waals surface area contributed by atoms with Crippen LogP contribution in [-0.2, 0) is 9.53 Å². The van der Waals surface area contributed by atoms with Crippen molar-refractivity contribution in [3.63, 3.8) is 0 Å². The van der Waals surface area contributed by atoms with E-state index in [9.17, 15) is 9.59 Å². The van der Waals surface area contributed by atoms with Gasteiger partial charge >= 0.3 is 6.03 Å². The van der Waals surface area contributed by atoms with Crippen LogP contribution in [-0.4, -0.2) is 55.9 Å². The molecule has 0 bridgehead atoms. The van der Waals surface area contributed by atoms with E-state index < -0.39 is 0 Å². The fraction of sp³-hybridized carbons (Fsp3) is 0.818. The lowest BCUT2D eigenvalue weighted by Gasteiger charge is -2.26. The molecular weight excluding hydrogens is 222 g/mol. The van der Waals surface area contributed by atoms with Crippen LogP contribution >= 0.6 is 0 Å². The lowest BCUT2D eigenvalue weighted by Crippen LogP contribution is -3.15. The van der Waals surface area contributed by atoms with Gasteiger partial charge in [0, 0.05) is 0 Å². The van der Waals surface area contributed by atoms with E-state index in [0.717, 1.165) is 25.9 Å². The normalized spacial score (nSPS) is 26.4. The summed E-state index contributed by atoms with van der Waals surface area (Å²) in [5.74, 6) is -0.0733. The van der Waals surface area contributed by atoms with E-state index >= 15 is 0 Å². The highest BCUT2D eigenvalue weighted by Crippen LogP contribution is 2.09. The fourth-order valence-electron chi connectivity index (χ4n) is 2.25. The van der Waals surface area contributed by atoms with Gasteiger partial charge in [-0.2, -0.15) is 0 Å². The van der Waals surface area contributed by atoms with E-state index in [2.05, 4.69) is 5.32 Å². The quantitative estimate of drug-likeness (QED) is 0.595. The summed E-state index contributed by atoms with van der Waals surface area (Å²) in [6.45, 7) is 5.60. The Bertz CT molecular complexity index is 302. The topological polar surface area (TPSA) is 63.1 Å². The van der Waals surface area contributed by atoms with Crippen molar-refractivity contribution in [1.29, 1.82) is 0 Å². The van der Waals surface area contributed by atoms with Gasteiger partial charge in [-0.3, -0.25) is 4.79 Å². The average molecular weight is 242 g/mol. The Morgan fingerprint density at radius 3 is 2.76 bits per heavy atom. The molecule has 2 aliphatic rings. The molecular formula is C11H20N3O3+. The van der Waals surface area contributed by atoms with Crippen molar-refractivity contribution in [1.82, 2.24) is 10.2 Å². The molecule has 0 unspecified atom stereocenters. The molecule has 0 aromatic rings. The number of rotatable bonds is 4. The highest BCUT2D eigenvalue weighted by molar-refractivity contribution is 6.03. The van der Waals surface area contributed by atoms with Crippen molar-refractivity contribution in [3.8, 4) is 0 Å². The lowest BCUT2D eigenvalue weighted by atomic mass is 10.2. The second-order valence-corrected chi connectivity index (χ2v) is 4.58. The molecule has 0 radical (unpaired) electrons. The molecule has 17 heavy (non-hydrogen) atoms. The van der Waals surface area contributed by atoms with Crippen LogP contribution < -0.4 is 10.2 Å². The van der Waals surface area contributed by atoms with Crippen molar-refractivity contribution in [3.05, 3.63) is 0 Å². The van der Waals surface area contributed by atoms with Crippen LogP contribution in [0.1, 0.15) is 19.8 Å². The second-order valence-electron chi connectivity index (χ2n) is 4.58. The van der Waals surface area contributed by atoms with Crippen LogP contribution in [0.15, 0.2) is 0 Å². The number of imide groups is 1. The molecule has 0 aliphatic carbocycles. The molecule has 0 aromatic heterocycles. The van der Waals surface area contributed by atoms with Gasteiger partial charge in [-0.05, 0) is 6.42 Å². The summed E-state index contributed by atoms with van der Waals surface area (Å²) >= 11 is 0. The van der Waals surface area contributed by atoms with E-state index in [0.29, 0.717) is 19.9 Å². The summed E-state index contributed by atoms with van der Waals surface area (Å²) < 4.78 is 5.25. The average Bonchev–Trinajstić information content (AvgIpc) is 2.59. The molecule has 96 valence electrons. The second kappa shape index (κ2) is 5.46. The number of nitrogens with one attached hydrogen (secondary N) is 2. The minimum absolute atomic E-state index is 0.0733. The number of hydrogen-bond acceptors (Lipinski definition) is 3. The molecule has 2 saturated heterocycles. The Labute approximate surface area is 101 Å². The van der Waals surface area contributed by atoms with E-state index in [1.54, 1.807) is 0 Å². The Morgan fingerprint density at radius 2 is 2.12 bits per heavy atom. The zero-order chi connectivity index (χ0) is 12.3. The van der Waals surface area contributed by atoms with Crippen molar-refractivity contribution < 1.29 is 19.2 Å².